The molecule has 5 heteroatoms. The maximum Gasteiger partial charge on any atom is 0.0738 e. The molecule has 0 aliphatic heterocycles. The average Bonchev–Trinajstić information content (AvgIpc) is 3.14. The second-order valence-corrected chi connectivity index (χ2v) is 6.03. The molecule has 1 aliphatic rings. The zero-order chi connectivity index (χ0) is 13.2. The molecule has 4 nitrogen and oxygen atoms in total. The summed E-state index contributed by atoms with van der Waals surface area (Å²) in [5.74, 6) is 0. The molecule has 1 fully saturated rings. The predicted molar refractivity (Wildman–Crippen MR) is 77.4 cm³/mol. The van der Waals surface area contributed by atoms with Crippen molar-refractivity contribution in [3.8, 4) is 0 Å². The van der Waals surface area contributed by atoms with Gasteiger partial charge in [-0.15, -0.1) is 5.10 Å². The Balaban J connectivity index is 1.73. The lowest BCUT2D eigenvalue weighted by molar-refractivity contribution is 0.239. The van der Waals surface area contributed by atoms with Crippen LogP contribution in [0.3, 0.4) is 0 Å². The van der Waals surface area contributed by atoms with Crippen LogP contribution >= 0.6 is 15.9 Å². The van der Waals surface area contributed by atoms with E-state index in [4.69, 9.17) is 0 Å². The smallest absolute Gasteiger partial charge is 0.0738 e. The van der Waals surface area contributed by atoms with Gasteiger partial charge in [0.05, 0.1) is 11.9 Å². The Labute approximate surface area is 121 Å². The van der Waals surface area contributed by atoms with Crippen LogP contribution in [0.25, 0.3) is 0 Å². The summed E-state index contributed by atoms with van der Waals surface area (Å²) in [6.45, 7) is 1.90. The fourth-order valence-electron chi connectivity index (χ4n) is 2.29. The molecule has 0 N–H and O–H groups in total. The first-order valence-corrected chi connectivity index (χ1v) is 7.34. The lowest BCUT2D eigenvalue weighted by Gasteiger charge is -2.21. The molecule has 100 valence electrons. The average molecular weight is 321 g/mol. The molecule has 1 heterocycles. The van der Waals surface area contributed by atoms with Crippen LogP contribution in [-0.2, 0) is 20.1 Å². The first kappa shape index (κ1) is 12.8. The summed E-state index contributed by atoms with van der Waals surface area (Å²) in [6, 6.07) is 9.25. The Bertz CT molecular complexity index is 562. The third-order valence-corrected chi connectivity index (χ3v) is 4.00. The van der Waals surface area contributed by atoms with Gasteiger partial charge in [-0.2, -0.15) is 0 Å². The molecule has 1 aliphatic carbocycles. The number of rotatable bonds is 5. The second kappa shape index (κ2) is 5.43. The predicted octanol–water partition coefficient (Wildman–Crippen LogP) is 2.74. The van der Waals surface area contributed by atoms with E-state index in [2.05, 4.69) is 55.4 Å². The Morgan fingerprint density at radius 1 is 1.37 bits per heavy atom. The van der Waals surface area contributed by atoms with Crippen molar-refractivity contribution in [3.05, 3.63) is 46.2 Å². The van der Waals surface area contributed by atoms with Gasteiger partial charge < -0.3 is 0 Å². The molecular weight excluding hydrogens is 304 g/mol. The monoisotopic (exact) mass is 320 g/mol. The van der Waals surface area contributed by atoms with E-state index in [1.54, 1.807) is 0 Å². The summed E-state index contributed by atoms with van der Waals surface area (Å²) in [6.07, 6.45) is 4.47. The fourth-order valence-corrected chi connectivity index (χ4v) is 2.73. The van der Waals surface area contributed by atoms with Gasteiger partial charge in [-0.3, -0.25) is 9.58 Å². The van der Waals surface area contributed by atoms with Crippen LogP contribution in [0.5, 0.6) is 0 Å². The summed E-state index contributed by atoms with van der Waals surface area (Å²) < 4.78 is 3.00. The Morgan fingerprint density at radius 3 is 2.84 bits per heavy atom. The van der Waals surface area contributed by atoms with Crippen LogP contribution in [0.1, 0.15) is 24.1 Å². The maximum atomic E-state index is 4.00. The van der Waals surface area contributed by atoms with Crippen molar-refractivity contribution in [1.29, 1.82) is 0 Å². The molecule has 1 saturated carbocycles. The van der Waals surface area contributed by atoms with E-state index in [0.717, 1.165) is 17.6 Å². The molecule has 19 heavy (non-hydrogen) atoms. The SMILES string of the molecule is Cn1nncc1CN(Cc1cccc(Br)c1)C1CC1. The highest BCUT2D eigenvalue weighted by Gasteiger charge is 2.29. The molecule has 1 aromatic carbocycles. The van der Waals surface area contributed by atoms with Gasteiger partial charge in [-0.05, 0) is 30.5 Å². The van der Waals surface area contributed by atoms with Crippen LogP contribution in [0.15, 0.2) is 34.9 Å². The summed E-state index contributed by atoms with van der Waals surface area (Å²) in [7, 11) is 1.95. The Hall–Kier alpha value is -1.20. The molecule has 0 amide bonds. The zero-order valence-electron chi connectivity index (χ0n) is 11.0. The maximum absolute atomic E-state index is 4.00. The largest absolute Gasteiger partial charge is 0.290 e. The van der Waals surface area contributed by atoms with Crippen molar-refractivity contribution in [2.75, 3.05) is 0 Å². The highest BCUT2D eigenvalue weighted by atomic mass is 79.9. The molecular formula is C14H17BrN4. The van der Waals surface area contributed by atoms with E-state index < -0.39 is 0 Å². The van der Waals surface area contributed by atoms with Crippen LogP contribution in [0.4, 0.5) is 0 Å². The van der Waals surface area contributed by atoms with Crippen LogP contribution in [0, 0.1) is 0 Å². The number of hydrogen-bond donors (Lipinski definition) is 0. The van der Waals surface area contributed by atoms with Crippen LogP contribution < -0.4 is 0 Å². The quantitative estimate of drug-likeness (QED) is 0.849. The first-order chi connectivity index (χ1) is 9.22. The summed E-state index contributed by atoms with van der Waals surface area (Å²) in [5.41, 5.74) is 2.51. The van der Waals surface area contributed by atoms with Gasteiger partial charge in [-0.1, -0.05) is 33.3 Å². The topological polar surface area (TPSA) is 34.0 Å². The number of aromatic nitrogens is 3. The number of aryl methyl sites for hydroxylation is 1. The standard InChI is InChI=1S/C14H17BrN4/c1-18-14(8-16-17-18)10-19(13-5-6-13)9-11-3-2-4-12(15)7-11/h2-4,7-8,13H,5-6,9-10H2,1H3. The van der Waals surface area contributed by atoms with Gasteiger partial charge in [0, 0.05) is 30.7 Å². The van der Waals surface area contributed by atoms with Crippen molar-refractivity contribution in [3.63, 3.8) is 0 Å². The molecule has 0 unspecified atom stereocenters. The third kappa shape index (κ3) is 3.22. The summed E-state index contributed by atoms with van der Waals surface area (Å²) in [5, 5.41) is 7.96. The normalized spacial score (nSPS) is 15.1. The molecule has 0 spiro atoms. The molecule has 1 aromatic heterocycles. The molecule has 3 rings (SSSR count). The fraction of sp³-hybridized carbons (Fsp3) is 0.429. The number of halogens is 1. The van der Waals surface area contributed by atoms with E-state index in [1.165, 1.54) is 24.1 Å². The van der Waals surface area contributed by atoms with E-state index in [1.807, 2.05) is 17.9 Å². The van der Waals surface area contributed by atoms with E-state index in [9.17, 15) is 0 Å². The third-order valence-electron chi connectivity index (χ3n) is 3.51. The number of benzene rings is 1. The van der Waals surface area contributed by atoms with Gasteiger partial charge in [0.1, 0.15) is 0 Å². The summed E-state index contributed by atoms with van der Waals surface area (Å²) >= 11 is 3.53. The highest BCUT2D eigenvalue weighted by Crippen LogP contribution is 2.30. The van der Waals surface area contributed by atoms with Crippen molar-refractivity contribution < 1.29 is 0 Å². The van der Waals surface area contributed by atoms with Gasteiger partial charge in [0.15, 0.2) is 0 Å². The molecule has 0 saturated heterocycles. The van der Waals surface area contributed by atoms with Crippen molar-refractivity contribution in [2.45, 2.75) is 32.0 Å². The molecule has 0 radical (unpaired) electrons. The lowest BCUT2D eigenvalue weighted by Crippen LogP contribution is -2.26. The molecule has 0 atom stereocenters. The first-order valence-electron chi connectivity index (χ1n) is 6.54. The molecule has 2 aromatic rings. The Kier molecular flexibility index (Phi) is 3.66. The van der Waals surface area contributed by atoms with E-state index in [0.29, 0.717) is 6.04 Å². The molecule has 0 bridgehead atoms. The van der Waals surface area contributed by atoms with E-state index in [-0.39, 0.29) is 0 Å². The van der Waals surface area contributed by atoms with Crippen LogP contribution in [0.2, 0.25) is 0 Å². The second-order valence-electron chi connectivity index (χ2n) is 5.12. The minimum atomic E-state index is 0.717. The zero-order valence-corrected chi connectivity index (χ0v) is 12.5. The minimum absolute atomic E-state index is 0.717. The van der Waals surface area contributed by atoms with Crippen molar-refractivity contribution in [1.82, 2.24) is 19.9 Å². The van der Waals surface area contributed by atoms with Crippen molar-refractivity contribution >= 4 is 15.9 Å². The number of hydrogen-bond acceptors (Lipinski definition) is 3. The van der Waals surface area contributed by atoms with Crippen molar-refractivity contribution in [2.24, 2.45) is 7.05 Å². The van der Waals surface area contributed by atoms with Gasteiger partial charge >= 0.3 is 0 Å². The number of nitrogens with zero attached hydrogens (tertiary/aromatic N) is 4. The van der Waals surface area contributed by atoms with Gasteiger partial charge in [-0.25, -0.2) is 0 Å². The Morgan fingerprint density at radius 2 is 2.21 bits per heavy atom. The lowest BCUT2D eigenvalue weighted by atomic mass is 10.2. The van der Waals surface area contributed by atoms with Crippen LogP contribution in [-0.4, -0.2) is 25.9 Å². The highest BCUT2D eigenvalue weighted by molar-refractivity contribution is 9.10. The van der Waals surface area contributed by atoms with E-state index >= 15 is 0 Å². The van der Waals surface area contributed by atoms with Gasteiger partial charge in [0.2, 0.25) is 0 Å². The van der Waals surface area contributed by atoms with Gasteiger partial charge in [0.25, 0.3) is 0 Å². The summed E-state index contributed by atoms with van der Waals surface area (Å²) in [4.78, 5) is 2.51. The minimum Gasteiger partial charge on any atom is -0.290 e.